The molecule has 166 valence electrons. The summed E-state index contributed by atoms with van der Waals surface area (Å²) >= 11 is 0. The van der Waals surface area contributed by atoms with Gasteiger partial charge in [0.1, 0.15) is 5.78 Å². The Morgan fingerprint density at radius 1 is 0.774 bits per heavy atom. The third kappa shape index (κ3) is 5.22. The largest absolute Gasteiger partial charge is 0.618 e. The van der Waals surface area contributed by atoms with Crippen LogP contribution in [0.2, 0.25) is 0 Å². The van der Waals surface area contributed by atoms with Crippen molar-refractivity contribution in [1.82, 2.24) is 0 Å². The first-order chi connectivity index (χ1) is 15.1. The van der Waals surface area contributed by atoms with Crippen LogP contribution >= 0.6 is 0 Å². The predicted octanol–water partition coefficient (Wildman–Crippen LogP) is 3.27. The van der Waals surface area contributed by atoms with Crippen LogP contribution in [0.25, 0.3) is 0 Å². The molecule has 1 spiro atoms. The lowest BCUT2D eigenvalue weighted by molar-refractivity contribution is -0.616. The van der Waals surface area contributed by atoms with E-state index in [1.54, 1.807) is 18.3 Å². The summed E-state index contributed by atoms with van der Waals surface area (Å²) < 4.78 is 13.3. The number of hydrogen-bond donors (Lipinski definition) is 0. The van der Waals surface area contributed by atoms with E-state index < -0.39 is 0 Å². The molecule has 0 atom stereocenters. The van der Waals surface area contributed by atoms with Crippen LogP contribution in [-0.2, 0) is 14.3 Å². The van der Waals surface area contributed by atoms with Gasteiger partial charge in [0.05, 0.1) is 13.2 Å². The molecule has 0 unspecified atom stereocenters. The second-order valence-corrected chi connectivity index (χ2v) is 8.60. The van der Waals surface area contributed by atoms with Crippen molar-refractivity contribution in [3.8, 4) is 0 Å². The highest BCUT2D eigenvalue weighted by molar-refractivity contribution is 5.79. The molecule has 0 bridgehead atoms. The number of aromatic nitrogens is 2. The molecule has 0 aromatic carbocycles. The summed E-state index contributed by atoms with van der Waals surface area (Å²) in [7, 11) is 0. The Kier molecular flexibility index (Phi) is 6.83. The van der Waals surface area contributed by atoms with Gasteiger partial charge in [0.15, 0.2) is 29.6 Å². The molecular formula is C24H30N2O5. The molecule has 2 aromatic heterocycles. The van der Waals surface area contributed by atoms with Crippen molar-refractivity contribution in [3.05, 3.63) is 70.6 Å². The molecule has 0 radical (unpaired) electrons. The van der Waals surface area contributed by atoms with E-state index in [4.69, 9.17) is 9.47 Å². The molecule has 3 fully saturated rings. The lowest BCUT2D eigenvalue weighted by atomic mass is 9.83. The summed E-state index contributed by atoms with van der Waals surface area (Å²) in [5.41, 5.74) is 1.68. The first-order valence-electron chi connectivity index (χ1n) is 11.2. The van der Waals surface area contributed by atoms with E-state index >= 15 is 0 Å². The monoisotopic (exact) mass is 426 g/mol. The van der Waals surface area contributed by atoms with Gasteiger partial charge in [-0.2, -0.15) is 9.46 Å². The number of hydrogen-bond acceptors (Lipinski definition) is 5. The number of pyridine rings is 2. The van der Waals surface area contributed by atoms with Crippen LogP contribution in [0.5, 0.6) is 0 Å². The van der Waals surface area contributed by atoms with E-state index in [2.05, 4.69) is 0 Å². The van der Waals surface area contributed by atoms with Crippen LogP contribution in [0.15, 0.2) is 48.8 Å². The maximum Gasteiger partial charge on any atom is 0.195 e. The fourth-order valence-electron chi connectivity index (χ4n) is 4.89. The predicted molar refractivity (Wildman–Crippen MR) is 113 cm³/mol. The maximum absolute atomic E-state index is 11.7. The zero-order valence-electron chi connectivity index (χ0n) is 17.8. The summed E-state index contributed by atoms with van der Waals surface area (Å²) in [6.45, 7) is 1.41. The Balaban J connectivity index is 0.000000152. The van der Waals surface area contributed by atoms with Crippen molar-refractivity contribution in [2.75, 3.05) is 13.2 Å². The van der Waals surface area contributed by atoms with E-state index in [1.807, 2.05) is 24.3 Å². The fourth-order valence-corrected chi connectivity index (χ4v) is 4.89. The minimum atomic E-state index is -0.334. The van der Waals surface area contributed by atoms with Gasteiger partial charge in [-0.05, 0) is 25.7 Å². The Hall–Kier alpha value is -2.51. The smallest absolute Gasteiger partial charge is 0.195 e. The summed E-state index contributed by atoms with van der Waals surface area (Å²) in [4.78, 5) is 11.0. The van der Waals surface area contributed by atoms with Crippen LogP contribution in [0.3, 0.4) is 0 Å². The summed E-state index contributed by atoms with van der Waals surface area (Å²) in [6, 6.07) is 11.1. The minimum Gasteiger partial charge on any atom is -0.618 e. The van der Waals surface area contributed by atoms with Gasteiger partial charge in [-0.15, -0.1) is 0 Å². The van der Waals surface area contributed by atoms with Crippen LogP contribution in [-0.4, -0.2) is 24.8 Å². The standard InChI is InChI=1S/C13H17NO3.C11H13NO2/c15-14-8-2-1-3-12(14)11-4-6-13(7-5-11)16-9-10-17-13;13-10-6-4-9(5-7-10)11-3-1-2-8-12(11)14/h1-3,8,11H,4-7,9-10H2;1-3,8-9H,4-7H2. The maximum atomic E-state index is 11.7. The lowest BCUT2D eigenvalue weighted by Gasteiger charge is -2.34. The Morgan fingerprint density at radius 2 is 1.26 bits per heavy atom. The Bertz CT molecular complexity index is 877. The molecule has 0 amide bonds. The molecule has 2 aromatic rings. The van der Waals surface area contributed by atoms with Gasteiger partial charge >= 0.3 is 0 Å². The second-order valence-electron chi connectivity index (χ2n) is 8.60. The number of carbonyl (C=O) groups is 1. The first kappa shape index (κ1) is 21.7. The van der Waals surface area contributed by atoms with E-state index in [9.17, 15) is 15.2 Å². The average molecular weight is 427 g/mol. The van der Waals surface area contributed by atoms with E-state index in [1.165, 1.54) is 6.20 Å². The van der Waals surface area contributed by atoms with Crippen molar-refractivity contribution in [2.24, 2.45) is 0 Å². The van der Waals surface area contributed by atoms with E-state index in [-0.39, 0.29) is 11.7 Å². The molecule has 3 aliphatic rings. The molecule has 3 heterocycles. The van der Waals surface area contributed by atoms with Crippen LogP contribution < -0.4 is 9.46 Å². The third-order valence-electron chi connectivity index (χ3n) is 6.65. The molecule has 7 nitrogen and oxygen atoms in total. The minimum absolute atomic E-state index is 0.270. The number of nitrogens with zero attached hydrogens (tertiary/aromatic N) is 2. The van der Waals surface area contributed by atoms with Crippen molar-refractivity contribution in [3.63, 3.8) is 0 Å². The molecule has 0 N–H and O–H groups in total. The van der Waals surface area contributed by atoms with Gasteiger partial charge in [0, 0.05) is 61.8 Å². The molecule has 2 aliphatic carbocycles. The highest BCUT2D eigenvalue weighted by atomic mass is 16.7. The van der Waals surface area contributed by atoms with Crippen LogP contribution in [0.1, 0.15) is 74.6 Å². The average Bonchev–Trinajstić information content (AvgIpc) is 3.24. The summed E-state index contributed by atoms with van der Waals surface area (Å²) in [5.74, 6) is 0.604. The van der Waals surface area contributed by atoms with Gasteiger partial charge in [-0.25, -0.2) is 0 Å². The molecule has 5 rings (SSSR count). The highest BCUT2D eigenvalue weighted by Gasteiger charge is 2.41. The lowest BCUT2D eigenvalue weighted by Crippen LogP contribution is -2.38. The van der Waals surface area contributed by atoms with E-state index in [0.717, 1.165) is 59.4 Å². The fraction of sp³-hybridized carbons (Fsp3) is 0.542. The third-order valence-corrected chi connectivity index (χ3v) is 6.65. The van der Waals surface area contributed by atoms with Gasteiger partial charge in [-0.1, -0.05) is 12.1 Å². The number of carbonyl (C=O) groups excluding carboxylic acids is 1. The van der Waals surface area contributed by atoms with Crippen molar-refractivity contribution < 1.29 is 23.7 Å². The zero-order chi connectivity index (χ0) is 21.7. The quantitative estimate of drug-likeness (QED) is 0.543. The van der Waals surface area contributed by atoms with Crippen molar-refractivity contribution in [2.45, 2.75) is 69.0 Å². The molecule has 1 aliphatic heterocycles. The number of ether oxygens (including phenoxy) is 2. The van der Waals surface area contributed by atoms with Gasteiger partial charge in [-0.3, -0.25) is 4.79 Å². The SMILES string of the molecule is O=C1CCC(c2cccc[n+]2[O-])CC1.[O-][n+]1ccccc1C1CCC2(CC1)OCCO2. The highest BCUT2D eigenvalue weighted by Crippen LogP contribution is 2.41. The Labute approximate surface area is 182 Å². The normalized spacial score (nSPS) is 21.6. The van der Waals surface area contributed by atoms with Crippen molar-refractivity contribution in [1.29, 1.82) is 0 Å². The summed E-state index contributed by atoms with van der Waals surface area (Å²) in [6.07, 6.45) is 9.71. The molecular weight excluding hydrogens is 396 g/mol. The van der Waals surface area contributed by atoms with Gasteiger partial charge in [0.25, 0.3) is 0 Å². The summed E-state index contributed by atoms with van der Waals surface area (Å²) in [5, 5.41) is 23.1. The van der Waals surface area contributed by atoms with E-state index in [0.29, 0.717) is 37.8 Å². The van der Waals surface area contributed by atoms with Crippen LogP contribution in [0.4, 0.5) is 0 Å². The number of ketones is 1. The topological polar surface area (TPSA) is 89.4 Å². The van der Waals surface area contributed by atoms with Crippen LogP contribution in [0, 0.1) is 10.4 Å². The zero-order valence-corrected chi connectivity index (χ0v) is 17.8. The number of rotatable bonds is 2. The first-order valence-corrected chi connectivity index (χ1v) is 11.2. The van der Waals surface area contributed by atoms with Gasteiger partial charge in [0.2, 0.25) is 0 Å². The van der Waals surface area contributed by atoms with Gasteiger partial charge < -0.3 is 19.9 Å². The second kappa shape index (κ2) is 9.75. The molecule has 1 saturated heterocycles. The Morgan fingerprint density at radius 3 is 1.74 bits per heavy atom. The molecule has 31 heavy (non-hydrogen) atoms. The molecule has 2 saturated carbocycles. The van der Waals surface area contributed by atoms with Crippen molar-refractivity contribution >= 4 is 5.78 Å². The molecule has 7 heteroatoms. The number of Topliss-reactive ketones (excluding diaryl/α,β-unsaturated/α-hetero) is 1.